The van der Waals surface area contributed by atoms with Gasteiger partial charge in [-0.3, -0.25) is 18.4 Å². The summed E-state index contributed by atoms with van der Waals surface area (Å²) in [5.41, 5.74) is 4.43. The highest BCUT2D eigenvalue weighted by molar-refractivity contribution is 7.92. The second-order valence-electron chi connectivity index (χ2n) is 13.6. The van der Waals surface area contributed by atoms with E-state index in [0.29, 0.717) is 62.2 Å². The molecule has 3 aromatic carbocycles. The molecule has 0 bridgehead atoms. The van der Waals surface area contributed by atoms with Crippen molar-refractivity contribution in [1.82, 2.24) is 24.6 Å². The zero-order valence-electron chi connectivity index (χ0n) is 29.3. The van der Waals surface area contributed by atoms with E-state index < -0.39 is 21.7 Å². The molecule has 0 spiro atoms. The summed E-state index contributed by atoms with van der Waals surface area (Å²) in [5.74, 6) is -0.676. The lowest BCUT2D eigenvalue weighted by molar-refractivity contribution is 0.0964. The number of aryl methyl sites for hydroxylation is 1. The first kappa shape index (κ1) is 33.7. The van der Waals surface area contributed by atoms with Gasteiger partial charge in [-0.15, -0.1) is 0 Å². The van der Waals surface area contributed by atoms with E-state index >= 15 is 8.78 Å². The van der Waals surface area contributed by atoms with Crippen LogP contribution in [-0.4, -0.2) is 66.5 Å². The second-order valence-corrected chi connectivity index (χ2v) is 15.6. The van der Waals surface area contributed by atoms with Gasteiger partial charge in [-0.1, -0.05) is 12.1 Å². The molecule has 5 heterocycles. The second kappa shape index (κ2) is 12.4. The van der Waals surface area contributed by atoms with Gasteiger partial charge in [0.05, 0.1) is 51.9 Å². The zero-order valence-corrected chi connectivity index (χ0v) is 30.1. The van der Waals surface area contributed by atoms with Gasteiger partial charge >= 0.3 is 0 Å². The highest BCUT2D eigenvalue weighted by atomic mass is 32.2. The monoisotopic (exact) mass is 722 g/mol. The van der Waals surface area contributed by atoms with Crippen molar-refractivity contribution in [2.75, 3.05) is 31.2 Å². The van der Waals surface area contributed by atoms with Gasteiger partial charge in [0.1, 0.15) is 28.6 Å². The third kappa shape index (κ3) is 5.46. The molecule has 1 aliphatic heterocycles. The van der Waals surface area contributed by atoms with Gasteiger partial charge in [0.2, 0.25) is 10.0 Å². The molecule has 1 aliphatic rings. The Morgan fingerprint density at radius 2 is 1.81 bits per heavy atom. The van der Waals surface area contributed by atoms with E-state index in [1.54, 1.807) is 43.3 Å². The Hall–Kier alpha value is -5.40. The molecule has 1 atom stereocenters. The number of carbonyl (C=O) groups excluding carboxylic acids is 1. The Balaban J connectivity index is 1.41. The number of sulfonamides is 1. The van der Waals surface area contributed by atoms with Gasteiger partial charge in [0.15, 0.2) is 5.76 Å². The summed E-state index contributed by atoms with van der Waals surface area (Å²) in [5, 5.41) is 3.40. The number of rotatable bonds is 7. The molecule has 1 N–H and O–H groups in total. The number of carbonyl (C=O) groups is 1. The molecule has 13 heteroatoms. The minimum Gasteiger partial charge on any atom is -0.455 e. The highest BCUT2D eigenvalue weighted by Gasteiger charge is 2.28. The third-order valence-electron chi connectivity index (χ3n) is 10.2. The molecule has 1 fully saturated rings. The number of aromatic nitrogens is 3. The lowest BCUT2D eigenvalue weighted by Crippen LogP contribution is -2.27. The van der Waals surface area contributed by atoms with Crippen LogP contribution in [0.25, 0.3) is 61.0 Å². The summed E-state index contributed by atoms with van der Waals surface area (Å²) >= 11 is 0. The number of hydrogen-bond donors (Lipinski definition) is 1. The first-order valence-electron chi connectivity index (χ1n) is 17.0. The van der Waals surface area contributed by atoms with Crippen molar-refractivity contribution in [3.05, 3.63) is 95.3 Å². The number of furan rings is 1. The van der Waals surface area contributed by atoms with Crippen molar-refractivity contribution in [2.45, 2.75) is 39.3 Å². The number of anilines is 1. The zero-order chi connectivity index (χ0) is 36.6. The predicted octanol–water partition coefficient (Wildman–Crippen LogP) is 7.44. The summed E-state index contributed by atoms with van der Waals surface area (Å²) in [6, 6.07) is 18.5. The number of nitrogens with zero attached hydrogens (tertiary/aromatic N) is 5. The van der Waals surface area contributed by atoms with Crippen molar-refractivity contribution >= 4 is 60.0 Å². The Bertz CT molecular complexity index is 2720. The maximum atomic E-state index is 15.3. The van der Waals surface area contributed by atoms with Gasteiger partial charge in [0, 0.05) is 42.5 Å². The molecule has 266 valence electrons. The van der Waals surface area contributed by atoms with Gasteiger partial charge in [-0.05, 0) is 87.3 Å². The van der Waals surface area contributed by atoms with Crippen LogP contribution in [-0.2, 0) is 16.6 Å². The van der Waals surface area contributed by atoms with Crippen LogP contribution in [0.1, 0.15) is 41.5 Å². The molecule has 0 aliphatic carbocycles. The van der Waals surface area contributed by atoms with Crippen LogP contribution in [0.15, 0.2) is 71.1 Å². The molecule has 0 saturated carbocycles. The molecule has 7 aromatic rings. The molecule has 1 saturated heterocycles. The Kier molecular flexibility index (Phi) is 8.03. The number of nitrogens with one attached hydrogen (secondary N) is 1. The van der Waals surface area contributed by atoms with Crippen molar-refractivity contribution in [3.63, 3.8) is 0 Å². The molecule has 8 rings (SSSR count). The molecule has 0 unspecified atom stereocenters. The van der Waals surface area contributed by atoms with Crippen LogP contribution in [0, 0.1) is 18.6 Å². The van der Waals surface area contributed by atoms with E-state index in [1.807, 2.05) is 16.5 Å². The summed E-state index contributed by atoms with van der Waals surface area (Å²) in [6.45, 7) is 5.47. The number of likely N-dealkylation sites (tertiary alicyclic amines) is 1. The van der Waals surface area contributed by atoms with Crippen LogP contribution in [0.5, 0.6) is 0 Å². The van der Waals surface area contributed by atoms with Gasteiger partial charge in [-0.25, -0.2) is 27.2 Å². The third-order valence-corrected chi connectivity index (χ3v) is 11.4. The molecule has 1 amide bonds. The van der Waals surface area contributed by atoms with Crippen molar-refractivity contribution in [2.24, 2.45) is 0 Å². The molecular weight excluding hydrogens is 687 g/mol. The Labute approximate surface area is 298 Å². The maximum Gasteiger partial charge on any atom is 0.255 e. The minimum atomic E-state index is -3.80. The van der Waals surface area contributed by atoms with E-state index in [4.69, 9.17) is 14.4 Å². The van der Waals surface area contributed by atoms with Crippen LogP contribution < -0.4 is 9.62 Å². The normalized spacial score (nSPS) is 15.4. The maximum absolute atomic E-state index is 15.3. The van der Waals surface area contributed by atoms with Gasteiger partial charge < -0.3 is 9.73 Å². The van der Waals surface area contributed by atoms with Crippen LogP contribution in [0.2, 0.25) is 0 Å². The predicted molar refractivity (Wildman–Crippen MR) is 199 cm³/mol. The number of hydrogen-bond acceptors (Lipinski definition) is 7. The molecule has 0 radical (unpaired) electrons. The lowest BCUT2D eigenvalue weighted by atomic mass is 10.00. The summed E-state index contributed by atoms with van der Waals surface area (Å²) < 4.78 is 65.9. The fourth-order valence-electron chi connectivity index (χ4n) is 7.35. The molecule has 10 nitrogen and oxygen atoms in total. The van der Waals surface area contributed by atoms with Crippen LogP contribution in [0.3, 0.4) is 0 Å². The van der Waals surface area contributed by atoms with Crippen molar-refractivity contribution in [3.8, 4) is 22.6 Å². The summed E-state index contributed by atoms with van der Waals surface area (Å²) in [7, 11) is -0.920. The lowest BCUT2D eigenvalue weighted by Gasteiger charge is -2.22. The number of benzene rings is 3. The number of halogens is 2. The number of fused-ring (bicyclic) bond motifs is 6. The van der Waals surface area contributed by atoms with Crippen LogP contribution >= 0.6 is 0 Å². The summed E-state index contributed by atoms with van der Waals surface area (Å²) in [6.07, 6.45) is 3.27. The van der Waals surface area contributed by atoms with E-state index in [1.165, 1.54) is 32.3 Å². The van der Waals surface area contributed by atoms with E-state index in [-0.39, 0.29) is 34.0 Å². The quantitative estimate of drug-likeness (QED) is 0.182. The minimum absolute atomic E-state index is 0.0103. The first-order valence-corrected chi connectivity index (χ1v) is 18.9. The topological polar surface area (TPSA) is 113 Å². The fraction of sp³-hybridized carbons (Fsp3) is 0.256. The highest BCUT2D eigenvalue weighted by Crippen LogP contribution is 2.42. The van der Waals surface area contributed by atoms with Gasteiger partial charge in [0.25, 0.3) is 5.91 Å². The summed E-state index contributed by atoms with van der Waals surface area (Å²) in [4.78, 5) is 25.9. The number of pyridine rings is 1. The molecule has 52 heavy (non-hydrogen) atoms. The average Bonchev–Trinajstić information content (AvgIpc) is 3.82. The average molecular weight is 723 g/mol. The van der Waals surface area contributed by atoms with E-state index in [0.717, 1.165) is 35.8 Å². The van der Waals surface area contributed by atoms with Crippen molar-refractivity contribution in [1.29, 1.82) is 0 Å². The fourth-order valence-corrected chi connectivity index (χ4v) is 7.86. The van der Waals surface area contributed by atoms with Gasteiger partial charge in [-0.2, -0.15) is 0 Å². The largest absolute Gasteiger partial charge is 0.455 e. The van der Waals surface area contributed by atoms with E-state index in [2.05, 4.69) is 17.1 Å². The molecule has 4 aromatic heterocycles. The Morgan fingerprint density at radius 1 is 1.00 bits per heavy atom. The Morgan fingerprint density at radius 3 is 2.52 bits per heavy atom. The first-order chi connectivity index (χ1) is 24.8. The smallest absolute Gasteiger partial charge is 0.255 e. The van der Waals surface area contributed by atoms with E-state index in [9.17, 15) is 13.2 Å². The number of amides is 1. The standard InChI is InChI=1S/C39H36F2N6O4S/c1-21-11-12-23(28(41)16-21)38-36(39(48)42-3)26-17-25(32(19-34(26)51-38)45(4)52(5,49)50)29-13-14-30-37(44-29)33-18-24-27(40)9-6-10-31(24)47(33)35(43-30)20-46-15-7-8-22(46)2/h6,9-14,16-19,22H,7-8,15,20H2,1-5H3,(H,42,48)/t22-/m0/s1. The molecular formula is C39H36F2N6O4S. The van der Waals surface area contributed by atoms with Crippen molar-refractivity contribution < 1.29 is 26.4 Å². The SMILES string of the molecule is CNC(=O)c1c(-c2ccc(C)cc2F)oc2cc(N(C)S(C)(=O)=O)c(-c3ccc4nc(CN5CCC[C@@H]5C)n5c6cccc(F)c6cc5c4n3)cc12. The van der Waals surface area contributed by atoms with Crippen LogP contribution in [0.4, 0.5) is 14.5 Å².